The summed E-state index contributed by atoms with van der Waals surface area (Å²) in [4.78, 5) is 10.9. The Bertz CT molecular complexity index is 337. The first kappa shape index (κ1) is 9.63. The molecule has 0 saturated heterocycles. The largest absolute Gasteiger partial charge is 0.325 e. The standard InChI is InChI=1S/C10H8ClNO/c1-2-8-3-5-9(6-4-8)12-10(13)7-11/h1,3-6H,7H2,(H,12,13). The first-order valence-electron chi connectivity index (χ1n) is 3.68. The molecule has 0 unspecified atom stereocenters. The molecule has 0 bridgehead atoms. The highest BCUT2D eigenvalue weighted by atomic mass is 35.5. The van der Waals surface area contributed by atoms with Gasteiger partial charge in [-0.2, -0.15) is 0 Å². The lowest BCUT2D eigenvalue weighted by atomic mass is 10.2. The number of carbonyl (C=O) groups is 1. The maximum absolute atomic E-state index is 10.9. The van der Waals surface area contributed by atoms with Crippen LogP contribution >= 0.6 is 11.6 Å². The van der Waals surface area contributed by atoms with Crippen molar-refractivity contribution >= 4 is 23.2 Å². The van der Waals surface area contributed by atoms with E-state index in [-0.39, 0.29) is 11.8 Å². The minimum atomic E-state index is -0.227. The van der Waals surface area contributed by atoms with Crippen LogP contribution in [0.5, 0.6) is 0 Å². The fourth-order valence-electron chi connectivity index (χ4n) is 0.844. The normalized spacial score (nSPS) is 8.92. The van der Waals surface area contributed by atoms with Crippen LogP contribution in [0, 0.1) is 12.3 Å². The smallest absolute Gasteiger partial charge is 0.239 e. The van der Waals surface area contributed by atoms with Crippen LogP contribution in [0.4, 0.5) is 5.69 Å². The molecule has 1 amide bonds. The third kappa shape index (κ3) is 2.81. The Labute approximate surface area is 81.9 Å². The van der Waals surface area contributed by atoms with Gasteiger partial charge in [-0.15, -0.1) is 18.0 Å². The van der Waals surface area contributed by atoms with Gasteiger partial charge in [-0.1, -0.05) is 5.92 Å². The molecule has 0 saturated carbocycles. The maximum atomic E-state index is 10.9. The zero-order valence-corrected chi connectivity index (χ0v) is 7.64. The van der Waals surface area contributed by atoms with Gasteiger partial charge in [0, 0.05) is 11.3 Å². The van der Waals surface area contributed by atoms with Crippen LogP contribution in [0.1, 0.15) is 5.56 Å². The number of halogens is 1. The molecule has 1 N–H and O–H groups in total. The molecular weight excluding hydrogens is 186 g/mol. The SMILES string of the molecule is C#Cc1ccc(NC(=O)CCl)cc1. The van der Waals surface area contributed by atoms with E-state index in [1.165, 1.54) is 0 Å². The summed E-state index contributed by atoms with van der Waals surface area (Å²) in [7, 11) is 0. The molecule has 3 heteroatoms. The van der Waals surface area contributed by atoms with Crippen molar-refractivity contribution in [3.8, 4) is 12.3 Å². The molecule has 0 atom stereocenters. The number of nitrogens with one attached hydrogen (secondary N) is 1. The Morgan fingerprint density at radius 2 is 2.08 bits per heavy atom. The molecule has 0 aliphatic heterocycles. The average Bonchev–Trinajstić information content (AvgIpc) is 2.19. The summed E-state index contributed by atoms with van der Waals surface area (Å²) in [5.41, 5.74) is 1.48. The minimum absolute atomic E-state index is 0.0448. The number of rotatable bonds is 2. The molecule has 2 nitrogen and oxygen atoms in total. The summed E-state index contributed by atoms with van der Waals surface area (Å²) in [6, 6.07) is 6.98. The molecule has 1 aromatic carbocycles. The second kappa shape index (κ2) is 4.54. The van der Waals surface area contributed by atoms with E-state index in [1.54, 1.807) is 24.3 Å². The third-order valence-corrected chi connectivity index (χ3v) is 1.70. The highest BCUT2D eigenvalue weighted by Gasteiger charge is 1.98. The summed E-state index contributed by atoms with van der Waals surface area (Å²) in [5, 5.41) is 2.60. The molecule has 0 spiro atoms. The van der Waals surface area contributed by atoms with Crippen LogP contribution in [0.25, 0.3) is 0 Å². The Morgan fingerprint density at radius 1 is 1.46 bits per heavy atom. The van der Waals surface area contributed by atoms with Crippen LogP contribution < -0.4 is 5.32 Å². The minimum Gasteiger partial charge on any atom is -0.325 e. The van der Waals surface area contributed by atoms with E-state index in [0.717, 1.165) is 5.56 Å². The van der Waals surface area contributed by atoms with Gasteiger partial charge < -0.3 is 5.32 Å². The van der Waals surface area contributed by atoms with Gasteiger partial charge in [-0.25, -0.2) is 0 Å². The summed E-state index contributed by atoms with van der Waals surface area (Å²) >= 11 is 5.32. The van der Waals surface area contributed by atoms with Crippen molar-refractivity contribution < 1.29 is 4.79 Å². The third-order valence-electron chi connectivity index (χ3n) is 1.46. The van der Waals surface area contributed by atoms with Crippen molar-refractivity contribution in [3.63, 3.8) is 0 Å². The van der Waals surface area contributed by atoms with Gasteiger partial charge in [0.1, 0.15) is 5.88 Å². The summed E-state index contributed by atoms with van der Waals surface area (Å²) in [6.45, 7) is 0. The molecule has 0 fully saturated rings. The number of terminal acetylenes is 1. The first-order valence-corrected chi connectivity index (χ1v) is 4.22. The first-order chi connectivity index (χ1) is 6.26. The van der Waals surface area contributed by atoms with Crippen molar-refractivity contribution in [1.29, 1.82) is 0 Å². The quantitative estimate of drug-likeness (QED) is 0.564. The zero-order valence-electron chi connectivity index (χ0n) is 6.88. The van der Waals surface area contributed by atoms with E-state index in [0.29, 0.717) is 5.69 Å². The van der Waals surface area contributed by atoms with E-state index in [4.69, 9.17) is 18.0 Å². The molecule has 0 heterocycles. The Balaban J connectivity index is 2.71. The average molecular weight is 194 g/mol. The monoisotopic (exact) mass is 193 g/mol. The number of benzene rings is 1. The van der Waals surface area contributed by atoms with E-state index in [2.05, 4.69) is 11.2 Å². The zero-order chi connectivity index (χ0) is 9.68. The lowest BCUT2D eigenvalue weighted by Crippen LogP contribution is -2.12. The van der Waals surface area contributed by atoms with Crippen LogP contribution in [0.3, 0.4) is 0 Å². The molecule has 0 aromatic heterocycles. The molecule has 13 heavy (non-hydrogen) atoms. The van der Waals surface area contributed by atoms with Crippen molar-refractivity contribution in [2.24, 2.45) is 0 Å². The van der Waals surface area contributed by atoms with Gasteiger partial charge in [0.25, 0.3) is 0 Å². The van der Waals surface area contributed by atoms with Crippen molar-refractivity contribution in [2.45, 2.75) is 0 Å². The summed E-state index contributed by atoms with van der Waals surface area (Å²) in [5.74, 6) is 2.21. The number of hydrogen-bond donors (Lipinski definition) is 1. The van der Waals surface area contributed by atoms with E-state index < -0.39 is 0 Å². The Morgan fingerprint density at radius 3 is 2.54 bits per heavy atom. The topological polar surface area (TPSA) is 29.1 Å². The highest BCUT2D eigenvalue weighted by Crippen LogP contribution is 2.08. The highest BCUT2D eigenvalue weighted by molar-refractivity contribution is 6.29. The van der Waals surface area contributed by atoms with Crippen molar-refractivity contribution in [2.75, 3.05) is 11.2 Å². The van der Waals surface area contributed by atoms with Gasteiger partial charge >= 0.3 is 0 Å². The van der Waals surface area contributed by atoms with Crippen molar-refractivity contribution in [3.05, 3.63) is 29.8 Å². The Kier molecular flexibility index (Phi) is 3.36. The van der Waals surface area contributed by atoms with Gasteiger partial charge in [0.05, 0.1) is 0 Å². The number of hydrogen-bond acceptors (Lipinski definition) is 1. The number of alkyl halides is 1. The fourth-order valence-corrected chi connectivity index (χ4v) is 0.911. The van der Waals surface area contributed by atoms with Crippen LogP contribution in [-0.4, -0.2) is 11.8 Å². The molecule has 0 aliphatic carbocycles. The van der Waals surface area contributed by atoms with Crippen LogP contribution in [-0.2, 0) is 4.79 Å². The van der Waals surface area contributed by atoms with Crippen molar-refractivity contribution in [1.82, 2.24) is 0 Å². The van der Waals surface area contributed by atoms with E-state index in [1.807, 2.05) is 0 Å². The number of carbonyl (C=O) groups excluding carboxylic acids is 1. The molecule has 1 rings (SSSR count). The van der Waals surface area contributed by atoms with Crippen LogP contribution in [0.15, 0.2) is 24.3 Å². The predicted molar refractivity (Wildman–Crippen MR) is 53.7 cm³/mol. The molecular formula is C10H8ClNO. The van der Waals surface area contributed by atoms with E-state index in [9.17, 15) is 4.79 Å². The number of amides is 1. The van der Waals surface area contributed by atoms with Crippen LogP contribution in [0.2, 0.25) is 0 Å². The van der Waals surface area contributed by atoms with E-state index >= 15 is 0 Å². The molecule has 1 aromatic rings. The lowest BCUT2D eigenvalue weighted by Gasteiger charge is -2.01. The molecule has 0 radical (unpaired) electrons. The van der Waals surface area contributed by atoms with Gasteiger partial charge in [-0.05, 0) is 24.3 Å². The number of anilines is 1. The van der Waals surface area contributed by atoms with Gasteiger partial charge in [-0.3, -0.25) is 4.79 Å². The van der Waals surface area contributed by atoms with Gasteiger partial charge in [0.2, 0.25) is 5.91 Å². The fraction of sp³-hybridized carbons (Fsp3) is 0.100. The maximum Gasteiger partial charge on any atom is 0.239 e. The molecule has 0 aliphatic rings. The summed E-state index contributed by atoms with van der Waals surface area (Å²) in [6.07, 6.45) is 5.17. The summed E-state index contributed by atoms with van der Waals surface area (Å²) < 4.78 is 0. The lowest BCUT2D eigenvalue weighted by molar-refractivity contribution is -0.113. The Hall–Kier alpha value is -1.46. The van der Waals surface area contributed by atoms with Gasteiger partial charge in [0.15, 0.2) is 0 Å². The molecule has 66 valence electrons. The second-order valence-electron chi connectivity index (χ2n) is 2.40. The predicted octanol–water partition coefficient (Wildman–Crippen LogP) is 1.85. The second-order valence-corrected chi connectivity index (χ2v) is 2.67.